The molecule has 0 amide bonds. The third-order valence-corrected chi connectivity index (χ3v) is 3.35. The molecule has 0 saturated carbocycles. The van der Waals surface area contributed by atoms with E-state index in [2.05, 4.69) is 19.4 Å². The van der Waals surface area contributed by atoms with Crippen molar-refractivity contribution in [1.29, 1.82) is 0 Å². The van der Waals surface area contributed by atoms with Crippen LogP contribution >= 0.6 is 0 Å². The van der Waals surface area contributed by atoms with Crippen molar-refractivity contribution in [3.63, 3.8) is 0 Å². The molecule has 0 spiro atoms. The molecule has 0 aliphatic heterocycles. The number of nitrogens with zero attached hydrogens (tertiary/aromatic N) is 4. The Morgan fingerprint density at radius 1 is 0.535 bits per heavy atom. The Labute approximate surface area is 336 Å². The van der Waals surface area contributed by atoms with Crippen LogP contribution in [-0.4, -0.2) is 227 Å². The quantitative estimate of drug-likeness (QED) is 0.0729. The van der Waals surface area contributed by atoms with Crippen molar-refractivity contribution >= 4 is 161 Å². The maximum absolute atomic E-state index is 10.8. The largest absolute Gasteiger partial charge is 2.00 e. The minimum absolute atomic E-state index is 0. The molecule has 0 N–H and O–H groups in total. The van der Waals surface area contributed by atoms with Crippen LogP contribution in [0.5, 0.6) is 0 Å². The molecule has 20 nitrogen and oxygen atoms in total. The van der Waals surface area contributed by atoms with Crippen molar-refractivity contribution in [2.24, 2.45) is 0 Å². The molecule has 0 aromatic heterocycles. The summed E-state index contributed by atoms with van der Waals surface area (Å²) in [5.74, 6) is -9.12. The van der Waals surface area contributed by atoms with E-state index in [0.29, 0.717) is 10.5 Å². The van der Waals surface area contributed by atoms with Gasteiger partial charge < -0.3 is 70.2 Å². The first-order valence-electron chi connectivity index (χ1n) is 10.8. The number of carboxylic acids is 4. The molecule has 0 aliphatic rings. The second-order valence-electron chi connectivity index (χ2n) is 7.19. The molecule has 0 unspecified atom stereocenters. The van der Waals surface area contributed by atoms with E-state index in [9.17, 15) is 58.8 Å². The number of carbonyl (C=O) groups is 8. The van der Waals surface area contributed by atoms with Gasteiger partial charge in [0.05, 0.1) is 37.0 Å². The first-order chi connectivity index (χ1) is 18.4. The zero-order valence-corrected chi connectivity index (χ0v) is 30.6. The fraction of sp³-hybridized carbons (Fsp3) is 0.550. The zero-order chi connectivity index (χ0) is 31.4. The van der Waals surface area contributed by atoms with Gasteiger partial charge in [0, 0.05) is 64.3 Å². The normalized spacial score (nSPS) is 9.67. The van der Waals surface area contributed by atoms with E-state index in [1.165, 1.54) is 0 Å². The van der Waals surface area contributed by atoms with Crippen LogP contribution in [0.1, 0.15) is 29.1 Å². The van der Waals surface area contributed by atoms with Gasteiger partial charge in [0.15, 0.2) is 0 Å². The van der Waals surface area contributed by atoms with Crippen molar-refractivity contribution < 1.29 is 79.6 Å². The topological polar surface area (TPSA) is 279 Å². The molecule has 0 aliphatic carbocycles. The minimum atomic E-state index is -1.56. The van der Waals surface area contributed by atoms with E-state index >= 15 is 0 Å². The number of aliphatic carboxylic acids is 4. The first kappa shape index (κ1) is 51.9. The summed E-state index contributed by atoms with van der Waals surface area (Å²) >= 11 is 0. The van der Waals surface area contributed by atoms with E-state index in [1.807, 2.05) is 0 Å². The summed E-state index contributed by atoms with van der Waals surface area (Å²) in [7, 11) is 0. The predicted molar refractivity (Wildman–Crippen MR) is 131 cm³/mol. The van der Waals surface area contributed by atoms with E-state index in [4.69, 9.17) is 0 Å². The Balaban J connectivity index is -0.000000150. The molecule has 0 aromatic rings. The number of carboxylic acid groups (broad SMARTS) is 4. The second-order valence-corrected chi connectivity index (χ2v) is 7.19. The summed E-state index contributed by atoms with van der Waals surface area (Å²) in [5.41, 5.74) is 0. The molecule has 0 fully saturated rings. The van der Waals surface area contributed by atoms with Crippen molar-refractivity contribution in [1.82, 2.24) is 20.3 Å². The van der Waals surface area contributed by atoms with Crippen LogP contribution in [0.15, 0.2) is 0 Å². The molecule has 0 heterocycles. The Hall–Kier alpha value is -0.621. The van der Waals surface area contributed by atoms with E-state index < -0.39 is 73.9 Å². The molecule has 0 bridgehead atoms. The Kier molecular flexibility index (Phi) is 36.3. The second kappa shape index (κ2) is 30.1. The van der Waals surface area contributed by atoms with E-state index in [0.717, 1.165) is 44.0 Å². The van der Waals surface area contributed by atoms with Gasteiger partial charge in [0.2, 0.25) is 0 Å². The van der Waals surface area contributed by atoms with Gasteiger partial charge in [-0.15, -0.1) is 6.54 Å². The van der Waals surface area contributed by atoms with Gasteiger partial charge >= 0.3 is 137 Å². The van der Waals surface area contributed by atoms with Crippen molar-refractivity contribution in [2.45, 2.75) is 27.7 Å². The Morgan fingerprint density at radius 2 is 0.791 bits per heavy atom. The average Bonchev–Trinajstić information content (AvgIpc) is 2.72. The Bertz CT molecular complexity index is 725. The smallest absolute Gasteiger partial charge is 1.00 e. The van der Waals surface area contributed by atoms with Crippen LogP contribution in [-0.2, 0) is 57.7 Å². The van der Waals surface area contributed by atoms with Gasteiger partial charge in [-0.2, -0.15) is 0 Å². The third kappa shape index (κ3) is 37.5. The molecular formula is C20H28Ca3N4O16. The maximum Gasteiger partial charge on any atom is 2.00 e. The van der Waals surface area contributed by atoms with Gasteiger partial charge in [-0.25, -0.2) is 0 Å². The number of rotatable bonds is 18. The van der Waals surface area contributed by atoms with E-state index in [-0.39, 0.29) is 134 Å². The summed E-state index contributed by atoms with van der Waals surface area (Å²) in [5, 5.41) is 42.7. The van der Waals surface area contributed by atoms with Crippen LogP contribution in [0.4, 0.5) is 0 Å². The van der Waals surface area contributed by atoms with Crippen LogP contribution in [0.25, 0.3) is 0 Å². The number of hydroxylamine groups is 4. The van der Waals surface area contributed by atoms with Gasteiger partial charge in [0.1, 0.15) is 0 Å². The Morgan fingerprint density at radius 3 is 1.00 bits per heavy atom. The van der Waals surface area contributed by atoms with Gasteiger partial charge in [-0.05, 0) is 0 Å². The zero-order valence-electron chi connectivity index (χ0n) is 25.0. The first-order valence-corrected chi connectivity index (χ1v) is 10.8. The summed E-state index contributed by atoms with van der Waals surface area (Å²) in [4.78, 5) is 105. The van der Waals surface area contributed by atoms with Crippen LogP contribution in [0.3, 0.4) is 0 Å². The molecule has 23 heteroatoms. The monoisotopic (exact) mass is 700 g/mol. The van der Waals surface area contributed by atoms with Crippen molar-refractivity contribution in [3.8, 4) is 0 Å². The van der Waals surface area contributed by atoms with Gasteiger partial charge in [0.25, 0.3) is 0 Å². The molecule has 230 valence electrons. The van der Waals surface area contributed by atoms with Gasteiger partial charge in [-0.1, -0.05) is 0 Å². The minimum Gasteiger partial charge on any atom is -1.00 e. The molecule has 43 heavy (non-hydrogen) atoms. The SMILES string of the molecule is CC(=O)ON(CCN(OC(C)=O)OC(C)=O)OC(C)=O.O=C([O-])CN([CH-]CN(CC(=O)[O-])CC(=O)[O-])CC(=O)[O-].[Ca+2].[Ca+2].[Ca+2].[H-]. The van der Waals surface area contributed by atoms with Crippen LogP contribution < -0.4 is 20.4 Å². The summed E-state index contributed by atoms with van der Waals surface area (Å²) in [6.07, 6.45) is 0. The summed E-state index contributed by atoms with van der Waals surface area (Å²) in [6.45, 7) is 1.64. The number of hydrogen-bond donors (Lipinski definition) is 0. The molecular weight excluding hydrogens is 672 g/mol. The van der Waals surface area contributed by atoms with Crippen molar-refractivity contribution in [3.05, 3.63) is 6.54 Å². The van der Waals surface area contributed by atoms with Crippen molar-refractivity contribution in [2.75, 3.05) is 45.8 Å². The number of carbonyl (C=O) groups excluding carboxylic acids is 8. The average molecular weight is 701 g/mol. The third-order valence-electron chi connectivity index (χ3n) is 3.35. The maximum atomic E-state index is 10.8. The van der Waals surface area contributed by atoms with Gasteiger partial charge in [-0.3, -0.25) is 25.7 Å². The van der Waals surface area contributed by atoms with E-state index in [1.54, 1.807) is 0 Å². The number of hydrogen-bond acceptors (Lipinski definition) is 20. The standard InChI is InChI=1S/C10H16N2O8.C10H15N2O8.3Ca.H/c1-7(13)17-11(18-8(2)14)5-6-12(19-9(3)15)20-10(4)16;13-7(14)3-11(4-8(15)16)1-2-12(5-9(17)18)6-10(19)20;;;;/h5-6H2,1-4H3;1H,2-6H2,(H,13,14)(H,15,16)(H,17,18)(H,19,20);;;;/q;-1;3*+2;-1/p-4. The molecule has 0 atom stereocenters. The predicted octanol–water partition coefficient (Wildman–Crippen LogP) is -8.78. The summed E-state index contributed by atoms with van der Waals surface area (Å²) in [6, 6.07) is 0. The fourth-order valence-corrected chi connectivity index (χ4v) is 2.25. The molecule has 0 rings (SSSR count). The van der Waals surface area contributed by atoms with Crippen LogP contribution in [0, 0.1) is 6.54 Å². The molecule has 0 aromatic carbocycles. The fourth-order valence-electron chi connectivity index (χ4n) is 2.25. The molecule has 0 radical (unpaired) electrons. The van der Waals surface area contributed by atoms with Crippen LogP contribution in [0.2, 0.25) is 0 Å². The molecule has 0 saturated heterocycles. The summed E-state index contributed by atoms with van der Waals surface area (Å²) < 4.78 is 0.